The molecule has 0 atom stereocenters. The van der Waals surface area contributed by atoms with Crippen LogP contribution in [-0.4, -0.2) is 62.5 Å². The summed E-state index contributed by atoms with van der Waals surface area (Å²) in [6.45, 7) is 0.764. The first kappa shape index (κ1) is 16.0. The third-order valence-electron chi connectivity index (χ3n) is 2.84. The number of carbonyl (C=O) groups is 2. The van der Waals surface area contributed by atoms with Crippen LogP contribution >= 0.6 is 0 Å². The molecule has 110 valence electrons. The third kappa shape index (κ3) is 4.55. The molecule has 0 aromatic heterocycles. The Morgan fingerprint density at radius 2 is 1.80 bits per heavy atom. The normalized spacial score (nSPS) is 10.2. The Kier molecular flexibility index (Phi) is 5.99. The standard InChI is InChI=1S/C14H21N3O3/c1-16(2)13(18)10-17(8-9-20-3)14(19)11-4-6-12(15)7-5-11/h4-7H,8-10,15H2,1-3H3. The van der Waals surface area contributed by atoms with Gasteiger partial charge in [0.2, 0.25) is 5.91 Å². The van der Waals surface area contributed by atoms with Crippen molar-refractivity contribution < 1.29 is 14.3 Å². The zero-order valence-electron chi connectivity index (χ0n) is 12.1. The van der Waals surface area contributed by atoms with Crippen molar-refractivity contribution in [2.45, 2.75) is 0 Å². The maximum atomic E-state index is 12.4. The van der Waals surface area contributed by atoms with Crippen molar-refractivity contribution in [1.82, 2.24) is 9.80 Å². The quantitative estimate of drug-likeness (QED) is 0.767. The first-order valence-corrected chi connectivity index (χ1v) is 6.29. The van der Waals surface area contributed by atoms with E-state index in [9.17, 15) is 9.59 Å². The molecule has 6 heteroatoms. The number of hydrogen-bond donors (Lipinski definition) is 1. The third-order valence-corrected chi connectivity index (χ3v) is 2.84. The van der Waals surface area contributed by atoms with Crippen LogP contribution in [0.4, 0.5) is 5.69 Å². The number of nitrogens with two attached hydrogens (primary N) is 1. The number of benzene rings is 1. The molecule has 0 aliphatic heterocycles. The van der Waals surface area contributed by atoms with Gasteiger partial charge in [-0.3, -0.25) is 9.59 Å². The number of nitrogen functional groups attached to an aromatic ring is 1. The Morgan fingerprint density at radius 1 is 1.20 bits per heavy atom. The van der Waals surface area contributed by atoms with Crippen LogP contribution < -0.4 is 5.73 Å². The molecule has 0 aliphatic carbocycles. The average molecular weight is 279 g/mol. The molecule has 0 saturated carbocycles. The smallest absolute Gasteiger partial charge is 0.254 e. The van der Waals surface area contributed by atoms with Crippen LogP contribution in [0.2, 0.25) is 0 Å². The van der Waals surface area contributed by atoms with E-state index in [1.54, 1.807) is 45.5 Å². The SMILES string of the molecule is COCCN(CC(=O)N(C)C)C(=O)c1ccc(N)cc1. The highest BCUT2D eigenvalue weighted by Gasteiger charge is 2.19. The van der Waals surface area contributed by atoms with E-state index in [4.69, 9.17) is 10.5 Å². The predicted octanol–water partition coefficient (Wildman–Crippen LogP) is 0.446. The predicted molar refractivity (Wildman–Crippen MR) is 77.3 cm³/mol. The zero-order chi connectivity index (χ0) is 15.1. The van der Waals surface area contributed by atoms with Crippen LogP contribution in [0, 0.1) is 0 Å². The fourth-order valence-electron chi connectivity index (χ4n) is 1.57. The fraction of sp³-hybridized carbons (Fsp3) is 0.429. The molecule has 0 spiro atoms. The van der Waals surface area contributed by atoms with Crippen LogP contribution in [0.25, 0.3) is 0 Å². The number of anilines is 1. The number of amides is 2. The van der Waals surface area contributed by atoms with Crippen LogP contribution in [0.15, 0.2) is 24.3 Å². The molecule has 0 aliphatic rings. The van der Waals surface area contributed by atoms with Gasteiger partial charge in [-0.05, 0) is 24.3 Å². The van der Waals surface area contributed by atoms with Gasteiger partial charge in [-0.2, -0.15) is 0 Å². The lowest BCUT2D eigenvalue weighted by molar-refractivity contribution is -0.129. The lowest BCUT2D eigenvalue weighted by Gasteiger charge is -2.23. The first-order valence-electron chi connectivity index (χ1n) is 6.29. The average Bonchev–Trinajstić information content (AvgIpc) is 2.43. The number of hydrogen-bond acceptors (Lipinski definition) is 4. The summed E-state index contributed by atoms with van der Waals surface area (Å²) >= 11 is 0. The van der Waals surface area contributed by atoms with Gasteiger partial charge < -0.3 is 20.3 Å². The van der Waals surface area contributed by atoms with Crippen LogP contribution in [0.5, 0.6) is 0 Å². The number of rotatable bonds is 6. The second kappa shape index (κ2) is 7.49. The van der Waals surface area contributed by atoms with Crippen molar-refractivity contribution in [2.75, 3.05) is 46.6 Å². The molecular formula is C14H21N3O3. The van der Waals surface area contributed by atoms with Crippen molar-refractivity contribution in [3.8, 4) is 0 Å². The van der Waals surface area contributed by atoms with Crippen LogP contribution in [0.1, 0.15) is 10.4 Å². The second-order valence-electron chi connectivity index (χ2n) is 4.63. The van der Waals surface area contributed by atoms with E-state index in [2.05, 4.69) is 0 Å². The van der Waals surface area contributed by atoms with Gasteiger partial charge in [0.15, 0.2) is 0 Å². The Bertz CT molecular complexity index is 457. The van der Waals surface area contributed by atoms with Crippen LogP contribution in [0.3, 0.4) is 0 Å². The number of carbonyl (C=O) groups excluding carboxylic acids is 2. The molecule has 0 bridgehead atoms. The summed E-state index contributed by atoms with van der Waals surface area (Å²) in [7, 11) is 4.87. The van der Waals surface area contributed by atoms with Gasteiger partial charge in [0.1, 0.15) is 6.54 Å². The minimum absolute atomic E-state index is 0.0274. The molecule has 0 saturated heterocycles. The fourth-order valence-corrected chi connectivity index (χ4v) is 1.57. The Labute approximate surface area is 119 Å². The number of ether oxygens (including phenoxy) is 1. The minimum atomic E-state index is -0.211. The summed E-state index contributed by atoms with van der Waals surface area (Å²) in [6.07, 6.45) is 0. The maximum absolute atomic E-state index is 12.4. The lowest BCUT2D eigenvalue weighted by Crippen LogP contribution is -2.41. The van der Waals surface area contributed by atoms with E-state index in [-0.39, 0.29) is 18.4 Å². The van der Waals surface area contributed by atoms with Gasteiger partial charge in [0.25, 0.3) is 5.91 Å². The van der Waals surface area contributed by atoms with Gasteiger partial charge in [0, 0.05) is 39.0 Å². The summed E-state index contributed by atoms with van der Waals surface area (Å²) in [5, 5.41) is 0. The summed E-state index contributed by atoms with van der Waals surface area (Å²) in [5.41, 5.74) is 6.69. The van der Waals surface area contributed by atoms with Gasteiger partial charge in [-0.15, -0.1) is 0 Å². The summed E-state index contributed by atoms with van der Waals surface area (Å²) in [4.78, 5) is 27.1. The van der Waals surface area contributed by atoms with Crippen LogP contribution in [-0.2, 0) is 9.53 Å². The highest BCUT2D eigenvalue weighted by atomic mass is 16.5. The van der Waals surface area contributed by atoms with E-state index < -0.39 is 0 Å². The van der Waals surface area contributed by atoms with Crippen molar-refractivity contribution >= 4 is 17.5 Å². The molecule has 1 aromatic rings. The topological polar surface area (TPSA) is 75.9 Å². The first-order chi connectivity index (χ1) is 9.45. The molecule has 2 N–H and O–H groups in total. The molecule has 0 unspecified atom stereocenters. The molecule has 1 rings (SSSR count). The van der Waals surface area contributed by atoms with E-state index >= 15 is 0 Å². The van der Waals surface area contributed by atoms with Crippen molar-refractivity contribution in [3.63, 3.8) is 0 Å². The summed E-state index contributed by atoms with van der Waals surface area (Å²) in [5.74, 6) is -0.345. The van der Waals surface area contributed by atoms with Gasteiger partial charge in [-0.25, -0.2) is 0 Å². The number of nitrogens with zero attached hydrogens (tertiary/aromatic N) is 2. The largest absolute Gasteiger partial charge is 0.399 e. The van der Waals surface area contributed by atoms with E-state index in [1.807, 2.05) is 0 Å². The summed E-state index contributed by atoms with van der Waals surface area (Å²) in [6, 6.07) is 6.63. The Morgan fingerprint density at radius 3 is 2.30 bits per heavy atom. The Hall–Kier alpha value is -2.08. The Balaban J connectivity index is 2.83. The molecule has 20 heavy (non-hydrogen) atoms. The highest BCUT2D eigenvalue weighted by Crippen LogP contribution is 2.09. The van der Waals surface area contributed by atoms with Gasteiger partial charge in [-0.1, -0.05) is 0 Å². The van der Waals surface area contributed by atoms with Gasteiger partial charge >= 0.3 is 0 Å². The molecule has 0 fully saturated rings. The van der Waals surface area contributed by atoms with Crippen molar-refractivity contribution in [3.05, 3.63) is 29.8 Å². The maximum Gasteiger partial charge on any atom is 0.254 e. The lowest BCUT2D eigenvalue weighted by atomic mass is 10.2. The second-order valence-corrected chi connectivity index (χ2v) is 4.63. The van der Waals surface area contributed by atoms with E-state index in [0.29, 0.717) is 24.4 Å². The monoisotopic (exact) mass is 279 g/mol. The molecule has 1 aromatic carbocycles. The van der Waals surface area contributed by atoms with Gasteiger partial charge in [0.05, 0.1) is 6.61 Å². The number of likely N-dealkylation sites (N-methyl/N-ethyl adjacent to an activating group) is 1. The minimum Gasteiger partial charge on any atom is -0.399 e. The van der Waals surface area contributed by atoms with E-state index in [1.165, 1.54) is 9.80 Å². The summed E-state index contributed by atoms with van der Waals surface area (Å²) < 4.78 is 4.98. The molecule has 0 heterocycles. The molecule has 6 nitrogen and oxygen atoms in total. The van der Waals surface area contributed by atoms with Crippen molar-refractivity contribution in [2.24, 2.45) is 0 Å². The molecular weight excluding hydrogens is 258 g/mol. The molecule has 2 amide bonds. The molecule has 0 radical (unpaired) electrons. The number of methoxy groups -OCH3 is 1. The van der Waals surface area contributed by atoms with E-state index in [0.717, 1.165) is 0 Å². The zero-order valence-corrected chi connectivity index (χ0v) is 12.1. The highest BCUT2D eigenvalue weighted by molar-refractivity contribution is 5.96. The van der Waals surface area contributed by atoms with Crippen molar-refractivity contribution in [1.29, 1.82) is 0 Å².